The van der Waals surface area contributed by atoms with Crippen molar-refractivity contribution in [1.82, 2.24) is 14.6 Å². The molecule has 0 amide bonds. The van der Waals surface area contributed by atoms with Gasteiger partial charge in [-0.3, -0.25) is 4.40 Å². The molecule has 3 nitrogen and oxygen atoms in total. The van der Waals surface area contributed by atoms with Gasteiger partial charge in [-0.25, -0.2) is 0 Å². The molecule has 15 heavy (non-hydrogen) atoms. The summed E-state index contributed by atoms with van der Waals surface area (Å²) in [5, 5.41) is 10.7. The second-order valence-corrected chi connectivity index (χ2v) is 3.78. The van der Waals surface area contributed by atoms with Crippen molar-refractivity contribution in [3.63, 3.8) is 0 Å². The second kappa shape index (κ2) is 2.79. The Morgan fingerprint density at radius 2 is 1.87 bits per heavy atom. The predicted molar refractivity (Wildman–Crippen MR) is 60.0 cm³/mol. The van der Waals surface area contributed by atoms with E-state index in [0.717, 1.165) is 16.9 Å². The lowest BCUT2D eigenvalue weighted by Gasteiger charge is -2.04. The van der Waals surface area contributed by atoms with Crippen LogP contribution >= 0.6 is 0 Å². The quantitative estimate of drug-likeness (QED) is 0.554. The van der Waals surface area contributed by atoms with Gasteiger partial charge in [0.25, 0.3) is 0 Å². The number of pyridine rings is 1. The van der Waals surface area contributed by atoms with E-state index in [-0.39, 0.29) is 0 Å². The van der Waals surface area contributed by atoms with E-state index in [1.807, 2.05) is 19.1 Å². The van der Waals surface area contributed by atoms with Crippen molar-refractivity contribution in [2.75, 3.05) is 0 Å². The number of hydrogen-bond donors (Lipinski definition) is 0. The predicted octanol–water partition coefficient (Wildman–Crippen LogP) is 2.50. The maximum Gasteiger partial charge on any atom is 0.168 e. The Labute approximate surface area is 87.4 Å². The topological polar surface area (TPSA) is 30.2 Å². The fraction of sp³-hybridized carbons (Fsp3) is 0.167. The van der Waals surface area contributed by atoms with Crippen LogP contribution in [0, 0.1) is 13.8 Å². The lowest BCUT2D eigenvalue weighted by Crippen LogP contribution is -1.94. The van der Waals surface area contributed by atoms with Gasteiger partial charge in [-0.05, 0) is 25.3 Å². The maximum absolute atomic E-state index is 4.22. The summed E-state index contributed by atoms with van der Waals surface area (Å²) < 4.78 is 2.09. The molecule has 0 fully saturated rings. The summed E-state index contributed by atoms with van der Waals surface area (Å²) in [6, 6.07) is 10.4. The minimum absolute atomic E-state index is 0.938. The third-order valence-corrected chi connectivity index (χ3v) is 2.74. The van der Waals surface area contributed by atoms with E-state index in [1.165, 1.54) is 11.1 Å². The minimum Gasteiger partial charge on any atom is -0.283 e. The first-order chi connectivity index (χ1) is 7.27. The first-order valence-corrected chi connectivity index (χ1v) is 4.97. The molecule has 0 bridgehead atoms. The molecule has 0 saturated carbocycles. The summed E-state index contributed by atoms with van der Waals surface area (Å²) in [6.45, 7) is 4.05. The number of hydrogen-bond acceptors (Lipinski definition) is 2. The van der Waals surface area contributed by atoms with Gasteiger partial charge in [0.2, 0.25) is 0 Å². The summed E-state index contributed by atoms with van der Waals surface area (Å²) >= 11 is 0. The average Bonchev–Trinajstić information content (AvgIpc) is 2.62. The molecule has 0 atom stereocenters. The van der Waals surface area contributed by atoms with Gasteiger partial charge in [-0.1, -0.05) is 24.3 Å². The van der Waals surface area contributed by atoms with Crippen LogP contribution in [0.4, 0.5) is 0 Å². The highest BCUT2D eigenvalue weighted by molar-refractivity contribution is 5.94. The highest BCUT2D eigenvalue weighted by atomic mass is 15.2. The number of rotatable bonds is 0. The van der Waals surface area contributed by atoms with Gasteiger partial charge >= 0.3 is 0 Å². The van der Waals surface area contributed by atoms with E-state index >= 15 is 0 Å². The SMILES string of the molecule is Cc1cc2ccccc2c2nnc(C)n12. The number of fused-ring (bicyclic) bond motifs is 3. The normalized spacial score (nSPS) is 11.3. The molecule has 3 aromatic rings. The third-order valence-electron chi connectivity index (χ3n) is 2.74. The van der Waals surface area contributed by atoms with Crippen LogP contribution in [-0.2, 0) is 0 Å². The van der Waals surface area contributed by atoms with Gasteiger partial charge in [-0.15, -0.1) is 10.2 Å². The van der Waals surface area contributed by atoms with Crippen LogP contribution in [0.25, 0.3) is 16.4 Å². The van der Waals surface area contributed by atoms with Gasteiger partial charge in [0, 0.05) is 11.1 Å². The van der Waals surface area contributed by atoms with Gasteiger partial charge in [0.1, 0.15) is 5.82 Å². The average molecular weight is 197 g/mol. The van der Waals surface area contributed by atoms with Crippen molar-refractivity contribution in [1.29, 1.82) is 0 Å². The van der Waals surface area contributed by atoms with Gasteiger partial charge in [0.15, 0.2) is 5.65 Å². The highest BCUT2D eigenvalue weighted by Gasteiger charge is 2.07. The molecule has 2 aromatic heterocycles. The monoisotopic (exact) mass is 197 g/mol. The molecule has 0 spiro atoms. The Hall–Kier alpha value is -1.90. The van der Waals surface area contributed by atoms with Gasteiger partial charge in [-0.2, -0.15) is 0 Å². The van der Waals surface area contributed by atoms with E-state index in [1.54, 1.807) is 0 Å². The summed E-state index contributed by atoms with van der Waals surface area (Å²) in [5.74, 6) is 0.938. The van der Waals surface area contributed by atoms with Gasteiger partial charge < -0.3 is 0 Å². The van der Waals surface area contributed by atoms with E-state index < -0.39 is 0 Å². The zero-order chi connectivity index (χ0) is 10.4. The van der Waals surface area contributed by atoms with E-state index in [9.17, 15) is 0 Å². The fourth-order valence-corrected chi connectivity index (χ4v) is 2.08. The number of aryl methyl sites for hydroxylation is 2. The summed E-state index contributed by atoms with van der Waals surface area (Å²) in [6.07, 6.45) is 0. The van der Waals surface area contributed by atoms with E-state index in [0.29, 0.717) is 0 Å². The van der Waals surface area contributed by atoms with Crippen LogP contribution < -0.4 is 0 Å². The van der Waals surface area contributed by atoms with Crippen LogP contribution in [0.3, 0.4) is 0 Å². The molecular formula is C12H11N3. The van der Waals surface area contributed by atoms with Gasteiger partial charge in [0.05, 0.1) is 0 Å². The van der Waals surface area contributed by atoms with Crippen LogP contribution in [0.5, 0.6) is 0 Å². The molecule has 0 N–H and O–H groups in total. The molecular weight excluding hydrogens is 186 g/mol. The standard InChI is InChI=1S/C12H11N3/c1-8-7-10-5-3-4-6-11(10)12-14-13-9(2)15(8)12/h3-7H,1-2H3. The molecule has 3 rings (SSSR count). The molecule has 0 aliphatic carbocycles. The first kappa shape index (κ1) is 8.41. The highest BCUT2D eigenvalue weighted by Crippen LogP contribution is 2.21. The molecule has 2 heterocycles. The number of aromatic nitrogens is 3. The van der Waals surface area contributed by atoms with Crippen molar-refractivity contribution in [3.8, 4) is 0 Å². The van der Waals surface area contributed by atoms with Crippen molar-refractivity contribution < 1.29 is 0 Å². The molecule has 0 aliphatic rings. The summed E-state index contributed by atoms with van der Waals surface area (Å²) in [5.41, 5.74) is 2.12. The Bertz CT molecular complexity index is 652. The molecule has 3 heteroatoms. The second-order valence-electron chi connectivity index (χ2n) is 3.78. The fourth-order valence-electron chi connectivity index (χ4n) is 2.08. The van der Waals surface area contributed by atoms with Crippen molar-refractivity contribution in [3.05, 3.63) is 41.9 Å². The Morgan fingerprint density at radius 3 is 2.73 bits per heavy atom. The van der Waals surface area contributed by atoms with Crippen molar-refractivity contribution >= 4 is 16.4 Å². The van der Waals surface area contributed by atoms with Crippen LogP contribution in [0.15, 0.2) is 30.3 Å². The molecule has 74 valence electrons. The Kier molecular flexibility index (Phi) is 1.57. The molecule has 0 radical (unpaired) electrons. The minimum atomic E-state index is 0.938. The summed E-state index contributed by atoms with van der Waals surface area (Å²) in [7, 11) is 0. The lowest BCUT2D eigenvalue weighted by atomic mass is 10.1. The van der Waals surface area contributed by atoms with E-state index in [4.69, 9.17) is 0 Å². The Balaban J connectivity index is 2.65. The zero-order valence-corrected chi connectivity index (χ0v) is 8.73. The van der Waals surface area contributed by atoms with Crippen LogP contribution in [-0.4, -0.2) is 14.6 Å². The summed E-state index contributed by atoms with van der Waals surface area (Å²) in [4.78, 5) is 0. The molecule has 0 unspecified atom stereocenters. The molecule has 1 aromatic carbocycles. The van der Waals surface area contributed by atoms with E-state index in [2.05, 4.69) is 39.7 Å². The number of benzene rings is 1. The maximum atomic E-state index is 4.22. The van der Waals surface area contributed by atoms with Crippen molar-refractivity contribution in [2.45, 2.75) is 13.8 Å². The number of nitrogens with zero attached hydrogens (tertiary/aromatic N) is 3. The lowest BCUT2D eigenvalue weighted by molar-refractivity contribution is 0.980. The molecule has 0 aliphatic heterocycles. The Morgan fingerprint density at radius 1 is 1.07 bits per heavy atom. The van der Waals surface area contributed by atoms with Crippen LogP contribution in [0.1, 0.15) is 11.5 Å². The smallest absolute Gasteiger partial charge is 0.168 e. The van der Waals surface area contributed by atoms with Crippen LogP contribution in [0.2, 0.25) is 0 Å². The molecule has 0 saturated heterocycles. The van der Waals surface area contributed by atoms with Crippen molar-refractivity contribution in [2.24, 2.45) is 0 Å². The third kappa shape index (κ3) is 1.06. The zero-order valence-electron chi connectivity index (χ0n) is 8.73. The largest absolute Gasteiger partial charge is 0.283 e. The first-order valence-electron chi connectivity index (χ1n) is 4.97.